The third kappa shape index (κ3) is 3.70. The van der Waals surface area contributed by atoms with E-state index in [1.165, 1.54) is 21.9 Å². The Bertz CT molecular complexity index is 1130. The van der Waals surface area contributed by atoms with Gasteiger partial charge in [0, 0.05) is 11.8 Å². The Labute approximate surface area is 165 Å². The normalized spacial score (nSPS) is 11.1. The summed E-state index contributed by atoms with van der Waals surface area (Å²) in [6, 6.07) is 20.4. The SMILES string of the molecule is Cc1cc(=O)n2nc(COC(=O)C(c3ccccc3)c3ccccc3)sc2n1. The number of nitrogens with zero attached hydrogens (tertiary/aromatic N) is 3. The van der Waals surface area contributed by atoms with Gasteiger partial charge in [0.05, 0.1) is 0 Å². The van der Waals surface area contributed by atoms with Crippen LogP contribution in [-0.4, -0.2) is 20.6 Å². The Morgan fingerprint density at radius 1 is 1.07 bits per heavy atom. The molecule has 0 N–H and O–H groups in total. The number of benzene rings is 2. The molecule has 2 heterocycles. The number of ether oxygens (including phenoxy) is 1. The number of carbonyl (C=O) groups excluding carboxylic acids is 1. The number of fused-ring (bicyclic) bond motifs is 1. The van der Waals surface area contributed by atoms with Crippen LogP contribution in [-0.2, 0) is 16.1 Å². The third-order valence-electron chi connectivity index (χ3n) is 4.25. The molecule has 0 unspecified atom stereocenters. The van der Waals surface area contributed by atoms with E-state index < -0.39 is 5.92 Å². The van der Waals surface area contributed by atoms with Gasteiger partial charge in [0.15, 0.2) is 5.01 Å². The predicted molar refractivity (Wildman–Crippen MR) is 106 cm³/mol. The molecule has 0 aliphatic carbocycles. The molecule has 0 saturated carbocycles. The van der Waals surface area contributed by atoms with Crippen molar-refractivity contribution in [2.75, 3.05) is 0 Å². The molecule has 0 aliphatic heterocycles. The first-order chi connectivity index (χ1) is 13.6. The van der Waals surface area contributed by atoms with E-state index in [9.17, 15) is 9.59 Å². The summed E-state index contributed by atoms with van der Waals surface area (Å²) < 4.78 is 6.79. The second-order valence-electron chi connectivity index (χ2n) is 6.29. The maximum Gasteiger partial charge on any atom is 0.318 e. The van der Waals surface area contributed by atoms with Crippen molar-refractivity contribution in [3.8, 4) is 0 Å². The zero-order valence-corrected chi connectivity index (χ0v) is 15.9. The molecule has 4 aromatic rings. The number of carbonyl (C=O) groups is 1. The maximum atomic E-state index is 12.9. The van der Waals surface area contributed by atoms with Crippen LogP contribution in [0.4, 0.5) is 0 Å². The van der Waals surface area contributed by atoms with Gasteiger partial charge in [-0.15, -0.1) is 0 Å². The van der Waals surface area contributed by atoms with Gasteiger partial charge in [0.2, 0.25) is 4.96 Å². The summed E-state index contributed by atoms with van der Waals surface area (Å²) in [6.45, 7) is 1.74. The maximum absolute atomic E-state index is 12.9. The topological polar surface area (TPSA) is 73.6 Å². The predicted octanol–water partition coefficient (Wildman–Crippen LogP) is 3.33. The van der Waals surface area contributed by atoms with Gasteiger partial charge >= 0.3 is 5.97 Å². The van der Waals surface area contributed by atoms with Crippen molar-refractivity contribution in [3.63, 3.8) is 0 Å². The zero-order valence-electron chi connectivity index (χ0n) is 15.1. The lowest BCUT2D eigenvalue weighted by atomic mass is 9.91. The fourth-order valence-electron chi connectivity index (χ4n) is 2.99. The highest BCUT2D eigenvalue weighted by Gasteiger charge is 2.24. The minimum absolute atomic E-state index is 0.0124. The highest BCUT2D eigenvalue weighted by atomic mass is 32.1. The lowest BCUT2D eigenvalue weighted by molar-refractivity contribution is -0.145. The molecule has 0 fully saturated rings. The van der Waals surface area contributed by atoms with Gasteiger partial charge < -0.3 is 4.74 Å². The van der Waals surface area contributed by atoms with E-state index in [2.05, 4.69) is 10.1 Å². The molecule has 0 atom stereocenters. The van der Waals surface area contributed by atoms with Crippen LogP contribution in [0.25, 0.3) is 4.96 Å². The third-order valence-corrected chi connectivity index (χ3v) is 5.14. The summed E-state index contributed by atoms with van der Waals surface area (Å²) >= 11 is 1.23. The minimum Gasteiger partial charge on any atom is -0.457 e. The number of rotatable bonds is 5. The Morgan fingerprint density at radius 3 is 2.29 bits per heavy atom. The van der Waals surface area contributed by atoms with Gasteiger partial charge in [-0.05, 0) is 18.1 Å². The first kappa shape index (κ1) is 18.1. The van der Waals surface area contributed by atoms with Crippen LogP contribution in [0, 0.1) is 6.92 Å². The molecule has 0 bridgehead atoms. The molecule has 0 radical (unpaired) electrons. The summed E-state index contributed by atoms with van der Waals surface area (Å²) in [4.78, 5) is 29.7. The minimum atomic E-state index is -0.528. The standard InChI is InChI=1S/C21H17N3O3S/c1-14-12-18(25)24-21(22-14)28-17(23-24)13-27-20(26)19(15-8-4-2-5-9-15)16-10-6-3-7-11-16/h2-12,19H,13H2,1H3. The summed E-state index contributed by atoms with van der Waals surface area (Å²) in [5, 5.41) is 4.73. The molecule has 6 nitrogen and oxygen atoms in total. The van der Waals surface area contributed by atoms with E-state index in [1.807, 2.05) is 60.7 Å². The lowest BCUT2D eigenvalue weighted by Crippen LogP contribution is -2.18. The van der Waals surface area contributed by atoms with Crippen LogP contribution in [0.3, 0.4) is 0 Å². The summed E-state index contributed by atoms with van der Waals surface area (Å²) in [5.74, 6) is -0.895. The molecule has 28 heavy (non-hydrogen) atoms. The van der Waals surface area contributed by atoms with Crippen LogP contribution in [0.2, 0.25) is 0 Å². The Balaban J connectivity index is 1.58. The van der Waals surface area contributed by atoms with Crippen molar-refractivity contribution >= 4 is 22.3 Å². The number of aryl methyl sites for hydroxylation is 1. The van der Waals surface area contributed by atoms with E-state index in [4.69, 9.17) is 4.74 Å². The van der Waals surface area contributed by atoms with Crippen molar-refractivity contribution in [1.82, 2.24) is 14.6 Å². The van der Waals surface area contributed by atoms with Crippen LogP contribution in [0.15, 0.2) is 71.5 Å². The van der Waals surface area contributed by atoms with Crippen molar-refractivity contribution in [2.45, 2.75) is 19.4 Å². The van der Waals surface area contributed by atoms with Gasteiger partial charge in [-0.3, -0.25) is 9.59 Å². The first-order valence-electron chi connectivity index (χ1n) is 8.75. The molecule has 0 spiro atoms. The smallest absolute Gasteiger partial charge is 0.318 e. The van der Waals surface area contributed by atoms with E-state index in [-0.39, 0.29) is 18.1 Å². The summed E-state index contributed by atoms with van der Waals surface area (Å²) in [7, 11) is 0. The second-order valence-corrected chi connectivity index (χ2v) is 7.33. The molecule has 7 heteroatoms. The molecule has 0 amide bonds. The monoisotopic (exact) mass is 391 g/mol. The average molecular weight is 391 g/mol. The molecule has 2 aromatic heterocycles. The van der Waals surface area contributed by atoms with Crippen LogP contribution >= 0.6 is 11.3 Å². The van der Waals surface area contributed by atoms with E-state index in [0.29, 0.717) is 15.7 Å². The van der Waals surface area contributed by atoms with Gasteiger partial charge in [0.1, 0.15) is 12.5 Å². The fraction of sp³-hybridized carbons (Fsp3) is 0.143. The fourth-order valence-corrected chi connectivity index (χ4v) is 3.85. The van der Waals surface area contributed by atoms with Crippen LogP contribution in [0.5, 0.6) is 0 Å². The summed E-state index contributed by atoms with van der Waals surface area (Å²) in [5.41, 5.74) is 2.10. The van der Waals surface area contributed by atoms with Gasteiger partial charge in [0.25, 0.3) is 5.56 Å². The molecule has 0 aliphatic rings. The van der Waals surface area contributed by atoms with Gasteiger partial charge in [-0.25, -0.2) is 4.98 Å². The second kappa shape index (κ2) is 7.74. The van der Waals surface area contributed by atoms with Crippen molar-refractivity contribution in [3.05, 3.63) is 98.9 Å². The molecule has 4 rings (SSSR count). The summed E-state index contributed by atoms with van der Waals surface area (Å²) in [6.07, 6.45) is 0. The van der Waals surface area contributed by atoms with Crippen molar-refractivity contribution in [2.24, 2.45) is 0 Å². The van der Waals surface area contributed by atoms with E-state index in [1.54, 1.807) is 6.92 Å². The Kier molecular flexibility index (Phi) is 4.99. The molecular weight excluding hydrogens is 374 g/mol. The largest absolute Gasteiger partial charge is 0.457 e. The van der Waals surface area contributed by atoms with Crippen LogP contribution < -0.4 is 5.56 Å². The van der Waals surface area contributed by atoms with Gasteiger partial charge in [-0.2, -0.15) is 9.61 Å². The molecule has 0 saturated heterocycles. The van der Waals surface area contributed by atoms with Gasteiger partial charge in [-0.1, -0.05) is 72.0 Å². The lowest BCUT2D eigenvalue weighted by Gasteiger charge is -2.16. The Morgan fingerprint density at radius 2 is 1.68 bits per heavy atom. The molecular formula is C21H17N3O3S. The number of aromatic nitrogens is 3. The average Bonchev–Trinajstić information content (AvgIpc) is 3.11. The first-order valence-corrected chi connectivity index (χ1v) is 9.56. The number of esters is 1. The molecule has 140 valence electrons. The highest BCUT2D eigenvalue weighted by Crippen LogP contribution is 2.26. The number of hydrogen-bond acceptors (Lipinski definition) is 6. The van der Waals surface area contributed by atoms with Crippen molar-refractivity contribution < 1.29 is 9.53 Å². The van der Waals surface area contributed by atoms with E-state index in [0.717, 1.165) is 11.1 Å². The van der Waals surface area contributed by atoms with Crippen molar-refractivity contribution in [1.29, 1.82) is 0 Å². The Hall–Kier alpha value is -3.32. The highest BCUT2D eigenvalue weighted by molar-refractivity contribution is 7.16. The quantitative estimate of drug-likeness (QED) is 0.488. The molecule has 2 aromatic carbocycles. The zero-order chi connectivity index (χ0) is 19.5. The van der Waals surface area contributed by atoms with Crippen LogP contribution in [0.1, 0.15) is 27.7 Å². The number of hydrogen-bond donors (Lipinski definition) is 0. The van der Waals surface area contributed by atoms with E-state index >= 15 is 0 Å².